The van der Waals surface area contributed by atoms with Gasteiger partial charge >= 0.3 is 10.3 Å². The standard InChI is InChI=1S/C19H20N2O7S2/c1-26-15-4-2-3-13(10-15)16(28-30(20,24)25)11-27-14-7-5-12(6-8-14)9-17-18(22)21-19(23)29-17/h2-8,10,16-17H,9,11H2,1H3,(H2,20,24,25)(H,21,22,23). The van der Waals surface area contributed by atoms with Gasteiger partial charge in [0.2, 0.25) is 5.91 Å². The molecule has 1 aliphatic heterocycles. The number of hydrogen-bond donors (Lipinski definition) is 2. The third-order valence-electron chi connectivity index (χ3n) is 4.23. The van der Waals surface area contributed by atoms with Crippen molar-refractivity contribution in [3.05, 3.63) is 59.7 Å². The molecular weight excluding hydrogens is 432 g/mol. The number of hydrogen-bond acceptors (Lipinski definition) is 8. The molecule has 1 aliphatic rings. The zero-order chi connectivity index (χ0) is 21.7. The summed E-state index contributed by atoms with van der Waals surface area (Å²) in [5.74, 6) is 0.711. The minimum atomic E-state index is -4.21. The van der Waals surface area contributed by atoms with E-state index in [2.05, 4.69) is 5.32 Å². The second-order valence-corrected chi connectivity index (χ2v) is 8.75. The van der Waals surface area contributed by atoms with Gasteiger partial charge in [0.05, 0.1) is 12.4 Å². The second kappa shape index (κ2) is 9.47. The highest BCUT2D eigenvalue weighted by molar-refractivity contribution is 8.15. The summed E-state index contributed by atoms with van der Waals surface area (Å²) in [5.41, 5.74) is 1.38. The van der Waals surface area contributed by atoms with Gasteiger partial charge in [0.1, 0.15) is 24.2 Å². The van der Waals surface area contributed by atoms with E-state index in [1.165, 1.54) is 7.11 Å². The summed E-state index contributed by atoms with van der Waals surface area (Å²) in [5, 5.41) is 6.49. The highest BCUT2D eigenvalue weighted by atomic mass is 32.2. The van der Waals surface area contributed by atoms with Crippen LogP contribution in [0.4, 0.5) is 4.79 Å². The Hall–Kier alpha value is -2.60. The highest BCUT2D eigenvalue weighted by Crippen LogP contribution is 2.26. The van der Waals surface area contributed by atoms with E-state index in [1.54, 1.807) is 48.5 Å². The number of methoxy groups -OCH3 is 1. The van der Waals surface area contributed by atoms with Crippen LogP contribution in [0.2, 0.25) is 0 Å². The van der Waals surface area contributed by atoms with Gasteiger partial charge in [-0.3, -0.25) is 14.9 Å². The lowest BCUT2D eigenvalue weighted by Crippen LogP contribution is -2.25. The SMILES string of the molecule is COc1cccc(C(COc2ccc(CC3SC(=O)NC3=O)cc2)OS(N)(=O)=O)c1. The summed E-state index contributed by atoms with van der Waals surface area (Å²) in [4.78, 5) is 22.9. The molecule has 3 rings (SSSR count). The fourth-order valence-corrected chi connectivity index (χ4v) is 4.17. The topological polar surface area (TPSA) is 134 Å². The van der Waals surface area contributed by atoms with Crippen LogP contribution in [-0.2, 0) is 25.7 Å². The molecule has 30 heavy (non-hydrogen) atoms. The predicted molar refractivity (Wildman–Crippen MR) is 110 cm³/mol. The first-order chi connectivity index (χ1) is 14.2. The molecule has 9 nitrogen and oxygen atoms in total. The van der Waals surface area contributed by atoms with Gasteiger partial charge in [0.25, 0.3) is 5.24 Å². The van der Waals surface area contributed by atoms with Crippen LogP contribution in [0.1, 0.15) is 17.2 Å². The molecule has 2 unspecified atom stereocenters. The van der Waals surface area contributed by atoms with E-state index in [9.17, 15) is 18.0 Å². The lowest BCUT2D eigenvalue weighted by Gasteiger charge is -2.18. The first-order valence-corrected chi connectivity index (χ1v) is 11.2. The average Bonchev–Trinajstić information content (AvgIpc) is 3.02. The molecule has 11 heteroatoms. The Labute approximate surface area is 178 Å². The van der Waals surface area contributed by atoms with Crippen LogP contribution in [0.25, 0.3) is 0 Å². The predicted octanol–water partition coefficient (Wildman–Crippen LogP) is 1.93. The number of benzene rings is 2. The van der Waals surface area contributed by atoms with Crippen LogP contribution in [0.15, 0.2) is 48.5 Å². The second-order valence-electron chi connectivity index (χ2n) is 6.40. The summed E-state index contributed by atoms with van der Waals surface area (Å²) < 4.78 is 38.7. The van der Waals surface area contributed by atoms with Gasteiger partial charge in [0, 0.05) is 0 Å². The number of carbonyl (C=O) groups is 2. The normalized spacial score (nSPS) is 17.5. The quantitative estimate of drug-likeness (QED) is 0.589. The number of amides is 2. The summed E-state index contributed by atoms with van der Waals surface area (Å²) in [7, 11) is -2.72. The monoisotopic (exact) mass is 452 g/mol. The number of nitrogens with one attached hydrogen (secondary N) is 1. The Bertz CT molecular complexity index is 1030. The van der Waals surface area contributed by atoms with Crippen LogP contribution >= 0.6 is 11.8 Å². The molecule has 0 radical (unpaired) electrons. The van der Waals surface area contributed by atoms with E-state index in [0.717, 1.165) is 17.3 Å². The first kappa shape index (κ1) is 22.1. The van der Waals surface area contributed by atoms with Crippen LogP contribution < -0.4 is 19.9 Å². The van der Waals surface area contributed by atoms with E-state index in [4.69, 9.17) is 18.8 Å². The molecule has 0 spiro atoms. The van der Waals surface area contributed by atoms with Crippen molar-refractivity contribution in [2.75, 3.05) is 13.7 Å². The molecule has 2 aromatic carbocycles. The summed E-state index contributed by atoms with van der Waals surface area (Å²) in [6, 6.07) is 13.6. The molecule has 0 saturated carbocycles. The molecule has 3 N–H and O–H groups in total. The molecule has 0 bridgehead atoms. The maximum absolute atomic E-state index is 11.7. The third-order valence-corrected chi connectivity index (χ3v) is 5.71. The summed E-state index contributed by atoms with van der Waals surface area (Å²) >= 11 is 0.966. The van der Waals surface area contributed by atoms with Crippen LogP contribution in [0.3, 0.4) is 0 Å². The van der Waals surface area contributed by atoms with E-state index < -0.39 is 21.7 Å². The van der Waals surface area contributed by atoms with Gasteiger partial charge in [-0.05, 0) is 41.8 Å². The van der Waals surface area contributed by atoms with Gasteiger partial charge in [-0.1, -0.05) is 36.0 Å². The summed E-state index contributed by atoms with van der Waals surface area (Å²) in [6.45, 7) is -0.113. The van der Waals surface area contributed by atoms with E-state index in [0.29, 0.717) is 23.5 Å². The first-order valence-electron chi connectivity index (χ1n) is 8.81. The molecule has 1 heterocycles. The Morgan fingerprint density at radius 1 is 1.13 bits per heavy atom. The van der Waals surface area contributed by atoms with Crippen molar-refractivity contribution in [2.24, 2.45) is 5.14 Å². The molecule has 160 valence electrons. The molecular formula is C19H20N2O7S2. The number of ether oxygens (including phenoxy) is 2. The van der Waals surface area contributed by atoms with Gasteiger partial charge in [-0.2, -0.15) is 8.42 Å². The molecule has 0 aliphatic carbocycles. The molecule has 2 aromatic rings. The van der Waals surface area contributed by atoms with Crippen molar-refractivity contribution in [2.45, 2.75) is 17.8 Å². The molecule has 1 saturated heterocycles. The Morgan fingerprint density at radius 2 is 1.87 bits per heavy atom. The van der Waals surface area contributed by atoms with Crippen molar-refractivity contribution in [3.63, 3.8) is 0 Å². The van der Waals surface area contributed by atoms with Crippen LogP contribution in [0, 0.1) is 0 Å². The van der Waals surface area contributed by atoms with Crippen molar-refractivity contribution in [1.82, 2.24) is 5.32 Å². The number of nitrogens with two attached hydrogens (primary N) is 1. The number of imide groups is 1. The average molecular weight is 453 g/mol. The maximum Gasteiger partial charge on any atom is 0.333 e. The Morgan fingerprint density at radius 3 is 2.47 bits per heavy atom. The smallest absolute Gasteiger partial charge is 0.333 e. The summed E-state index contributed by atoms with van der Waals surface area (Å²) in [6.07, 6.45) is -0.567. The number of thioether (sulfide) groups is 1. The van der Waals surface area contributed by atoms with Crippen molar-refractivity contribution in [3.8, 4) is 11.5 Å². The Kier molecular flexibility index (Phi) is 6.98. The van der Waals surface area contributed by atoms with Crippen molar-refractivity contribution >= 4 is 33.2 Å². The van der Waals surface area contributed by atoms with Crippen LogP contribution in [-0.4, -0.2) is 38.5 Å². The minimum Gasteiger partial charge on any atom is -0.497 e. The molecule has 1 fully saturated rings. The zero-order valence-electron chi connectivity index (χ0n) is 15.9. The van der Waals surface area contributed by atoms with E-state index in [1.807, 2.05) is 0 Å². The van der Waals surface area contributed by atoms with E-state index in [-0.39, 0.29) is 17.8 Å². The largest absolute Gasteiger partial charge is 0.497 e. The Balaban J connectivity index is 1.66. The van der Waals surface area contributed by atoms with Gasteiger partial charge < -0.3 is 9.47 Å². The lowest BCUT2D eigenvalue weighted by atomic mass is 10.1. The highest BCUT2D eigenvalue weighted by Gasteiger charge is 2.31. The fraction of sp³-hybridized carbons (Fsp3) is 0.263. The van der Waals surface area contributed by atoms with Gasteiger partial charge in [0.15, 0.2) is 0 Å². The maximum atomic E-state index is 11.7. The minimum absolute atomic E-state index is 0.113. The van der Waals surface area contributed by atoms with Gasteiger partial charge in [-0.25, -0.2) is 9.32 Å². The van der Waals surface area contributed by atoms with Crippen molar-refractivity contribution in [1.29, 1.82) is 0 Å². The lowest BCUT2D eigenvalue weighted by molar-refractivity contribution is -0.118. The van der Waals surface area contributed by atoms with Crippen molar-refractivity contribution < 1.29 is 31.7 Å². The van der Waals surface area contributed by atoms with E-state index >= 15 is 0 Å². The van der Waals surface area contributed by atoms with Gasteiger partial charge in [-0.15, -0.1) is 0 Å². The number of carbonyl (C=O) groups excluding carboxylic acids is 2. The third kappa shape index (κ3) is 6.20. The number of rotatable bonds is 9. The van der Waals surface area contributed by atoms with Crippen LogP contribution in [0.5, 0.6) is 11.5 Å². The fourth-order valence-electron chi connectivity index (χ4n) is 2.82. The molecule has 2 amide bonds. The molecule has 0 aromatic heterocycles. The molecule has 2 atom stereocenters. The zero-order valence-corrected chi connectivity index (χ0v) is 17.6.